The first kappa shape index (κ1) is 24.7. The molecule has 0 spiro atoms. The van der Waals surface area contributed by atoms with Gasteiger partial charge in [0.15, 0.2) is 0 Å². The molecule has 2 aromatic heterocycles. The van der Waals surface area contributed by atoms with Crippen molar-refractivity contribution in [1.29, 1.82) is 5.26 Å². The number of nitrogen functional groups attached to an aromatic ring is 1. The first-order valence-corrected chi connectivity index (χ1v) is 12.2. The van der Waals surface area contributed by atoms with Crippen molar-refractivity contribution < 1.29 is 17.2 Å². The molecule has 8 nitrogen and oxygen atoms in total. The molecular formula is C25H20F2N6O2S. The smallest absolute Gasteiger partial charge is 0.264 e. The Balaban J connectivity index is 1.87. The predicted octanol–water partition coefficient (Wildman–Crippen LogP) is 4.61. The van der Waals surface area contributed by atoms with E-state index in [4.69, 9.17) is 5.73 Å². The Morgan fingerprint density at radius 2 is 1.86 bits per heavy atom. The Kier molecular flexibility index (Phi) is 6.63. The summed E-state index contributed by atoms with van der Waals surface area (Å²) in [5.74, 6) is -2.07. The summed E-state index contributed by atoms with van der Waals surface area (Å²) in [4.78, 5) is 12.4. The van der Waals surface area contributed by atoms with E-state index in [1.54, 1.807) is 31.2 Å². The van der Waals surface area contributed by atoms with Crippen LogP contribution in [-0.4, -0.2) is 23.4 Å². The average molecular weight is 507 g/mol. The fourth-order valence-corrected chi connectivity index (χ4v) is 4.87. The van der Waals surface area contributed by atoms with Crippen molar-refractivity contribution in [3.8, 4) is 28.5 Å². The number of benzene rings is 2. The number of aromatic nitrogens is 3. The van der Waals surface area contributed by atoms with Gasteiger partial charge in [0.2, 0.25) is 5.95 Å². The normalized spacial score (nSPS) is 11.2. The van der Waals surface area contributed by atoms with Gasteiger partial charge in [-0.25, -0.2) is 27.2 Å². The number of rotatable bonds is 6. The van der Waals surface area contributed by atoms with Gasteiger partial charge >= 0.3 is 0 Å². The quantitative estimate of drug-likeness (QED) is 0.390. The van der Waals surface area contributed by atoms with Gasteiger partial charge in [-0.2, -0.15) is 5.26 Å². The summed E-state index contributed by atoms with van der Waals surface area (Å²) in [7, 11) is -4.39. The van der Waals surface area contributed by atoms with Crippen molar-refractivity contribution in [3.05, 3.63) is 83.3 Å². The lowest BCUT2D eigenvalue weighted by molar-refractivity contribution is 0.551. The van der Waals surface area contributed by atoms with Crippen molar-refractivity contribution in [2.45, 2.75) is 25.2 Å². The second-order valence-electron chi connectivity index (χ2n) is 7.84. The highest BCUT2D eigenvalue weighted by Crippen LogP contribution is 2.36. The van der Waals surface area contributed by atoms with Crippen LogP contribution in [0.2, 0.25) is 0 Å². The summed E-state index contributed by atoms with van der Waals surface area (Å²) in [6.07, 6.45) is 2.01. The molecule has 2 heterocycles. The van der Waals surface area contributed by atoms with Crippen LogP contribution >= 0.6 is 0 Å². The Hall–Kier alpha value is -4.43. The van der Waals surface area contributed by atoms with Crippen LogP contribution in [0.5, 0.6) is 0 Å². The van der Waals surface area contributed by atoms with E-state index in [0.29, 0.717) is 51.8 Å². The van der Waals surface area contributed by atoms with E-state index in [-0.39, 0.29) is 11.6 Å². The molecule has 0 bridgehead atoms. The predicted molar refractivity (Wildman–Crippen MR) is 131 cm³/mol. The molecule has 0 amide bonds. The fourth-order valence-electron chi connectivity index (χ4n) is 3.70. The van der Waals surface area contributed by atoms with Gasteiger partial charge in [-0.1, -0.05) is 19.1 Å². The van der Waals surface area contributed by atoms with Crippen LogP contribution in [0.4, 0.5) is 20.4 Å². The zero-order chi connectivity index (χ0) is 26.0. The van der Waals surface area contributed by atoms with Crippen molar-refractivity contribution in [2.75, 3.05) is 10.5 Å². The molecule has 36 heavy (non-hydrogen) atoms. The highest BCUT2D eigenvalue weighted by Gasteiger charge is 2.23. The van der Waals surface area contributed by atoms with Gasteiger partial charge < -0.3 is 5.73 Å². The van der Waals surface area contributed by atoms with Gasteiger partial charge in [-0.15, -0.1) is 0 Å². The minimum atomic E-state index is -4.39. The molecule has 11 heteroatoms. The second-order valence-corrected chi connectivity index (χ2v) is 9.49. The number of nitrogens with one attached hydrogen (secondary N) is 1. The molecule has 0 atom stereocenters. The number of anilines is 2. The number of aryl methyl sites for hydroxylation is 2. The van der Waals surface area contributed by atoms with Crippen molar-refractivity contribution in [1.82, 2.24) is 15.0 Å². The molecule has 0 aliphatic carbocycles. The molecule has 0 fully saturated rings. The lowest BCUT2D eigenvalue weighted by atomic mass is 9.96. The fraction of sp³-hybridized carbons (Fsp3) is 0.120. The molecule has 0 saturated carbocycles. The van der Waals surface area contributed by atoms with Gasteiger partial charge in [0.05, 0.1) is 34.4 Å². The van der Waals surface area contributed by atoms with Crippen LogP contribution < -0.4 is 10.5 Å². The molecule has 0 radical (unpaired) electrons. The summed E-state index contributed by atoms with van der Waals surface area (Å²) < 4.78 is 55.6. The number of sulfonamides is 1. The van der Waals surface area contributed by atoms with Gasteiger partial charge in [-0.05, 0) is 43.7 Å². The third-order valence-corrected chi connectivity index (χ3v) is 6.80. The maximum absolute atomic E-state index is 14.2. The lowest BCUT2D eigenvalue weighted by Crippen LogP contribution is -2.16. The Labute approximate surface area is 206 Å². The zero-order valence-electron chi connectivity index (χ0n) is 19.3. The Morgan fingerprint density at radius 1 is 1.08 bits per heavy atom. The van der Waals surface area contributed by atoms with Gasteiger partial charge in [0.1, 0.15) is 16.5 Å². The maximum atomic E-state index is 14.2. The van der Waals surface area contributed by atoms with E-state index in [2.05, 4.69) is 25.7 Å². The van der Waals surface area contributed by atoms with Gasteiger partial charge in [0.25, 0.3) is 10.0 Å². The monoisotopic (exact) mass is 506 g/mol. The van der Waals surface area contributed by atoms with E-state index in [1.807, 2.05) is 6.92 Å². The molecule has 0 unspecified atom stereocenters. The van der Waals surface area contributed by atoms with Crippen molar-refractivity contribution >= 4 is 21.7 Å². The van der Waals surface area contributed by atoms with E-state index in [0.717, 1.165) is 12.1 Å². The maximum Gasteiger partial charge on any atom is 0.264 e. The first-order chi connectivity index (χ1) is 17.1. The molecule has 4 aromatic rings. The molecule has 0 aliphatic rings. The molecule has 4 rings (SSSR count). The summed E-state index contributed by atoms with van der Waals surface area (Å²) >= 11 is 0. The minimum Gasteiger partial charge on any atom is -0.368 e. The van der Waals surface area contributed by atoms with Crippen LogP contribution in [0.15, 0.2) is 59.6 Å². The topological polar surface area (TPSA) is 135 Å². The van der Waals surface area contributed by atoms with Gasteiger partial charge in [0, 0.05) is 29.0 Å². The standard InChI is InChI=1S/C25H20F2N6O2S/c1-3-20-23(24(32-25(29)31-20)16-6-4-5-15(9-16)12-28)17-10-21(14(2)30-13-17)33-36(34,35)22-8-7-18(26)11-19(22)27/h4-11,13,33H,3H2,1-2H3,(H2,29,31,32). The van der Waals surface area contributed by atoms with Crippen LogP contribution in [0, 0.1) is 29.9 Å². The van der Waals surface area contributed by atoms with E-state index < -0.39 is 26.6 Å². The lowest BCUT2D eigenvalue weighted by Gasteiger charge is -2.16. The number of hydrogen-bond donors (Lipinski definition) is 2. The van der Waals surface area contributed by atoms with Crippen LogP contribution in [-0.2, 0) is 16.4 Å². The second kappa shape index (κ2) is 9.67. The highest BCUT2D eigenvalue weighted by molar-refractivity contribution is 7.92. The SMILES string of the molecule is CCc1nc(N)nc(-c2cccc(C#N)c2)c1-c1cnc(C)c(NS(=O)(=O)c2ccc(F)cc2F)c1. The zero-order valence-corrected chi connectivity index (χ0v) is 20.1. The molecule has 0 saturated heterocycles. The highest BCUT2D eigenvalue weighted by atomic mass is 32.2. The van der Waals surface area contributed by atoms with Crippen molar-refractivity contribution in [3.63, 3.8) is 0 Å². The first-order valence-electron chi connectivity index (χ1n) is 10.7. The number of nitrogens with two attached hydrogens (primary N) is 1. The third-order valence-electron chi connectivity index (χ3n) is 5.40. The molecule has 2 aromatic carbocycles. The Bertz CT molecular complexity index is 1630. The average Bonchev–Trinajstić information content (AvgIpc) is 2.84. The van der Waals surface area contributed by atoms with Gasteiger partial charge in [-0.3, -0.25) is 9.71 Å². The number of nitrogens with zero attached hydrogens (tertiary/aromatic N) is 4. The number of hydrogen-bond acceptors (Lipinski definition) is 7. The summed E-state index contributed by atoms with van der Waals surface area (Å²) in [6.45, 7) is 3.46. The third kappa shape index (κ3) is 4.85. The Morgan fingerprint density at radius 3 is 2.56 bits per heavy atom. The van der Waals surface area contributed by atoms with E-state index in [9.17, 15) is 22.5 Å². The number of nitriles is 1. The van der Waals surface area contributed by atoms with Crippen LogP contribution in [0.25, 0.3) is 22.4 Å². The number of pyridine rings is 1. The minimum absolute atomic E-state index is 0.0424. The van der Waals surface area contributed by atoms with Crippen LogP contribution in [0.3, 0.4) is 0 Å². The molecular weight excluding hydrogens is 486 g/mol. The van der Waals surface area contributed by atoms with Crippen LogP contribution in [0.1, 0.15) is 23.9 Å². The summed E-state index contributed by atoms with van der Waals surface area (Å²) in [6, 6.07) is 12.6. The number of halogens is 2. The van der Waals surface area contributed by atoms with Crippen molar-refractivity contribution in [2.24, 2.45) is 0 Å². The molecule has 182 valence electrons. The van der Waals surface area contributed by atoms with E-state index in [1.165, 1.54) is 12.3 Å². The summed E-state index contributed by atoms with van der Waals surface area (Å²) in [5, 5.41) is 9.32. The molecule has 3 N–H and O–H groups in total. The van der Waals surface area contributed by atoms with E-state index >= 15 is 0 Å². The summed E-state index contributed by atoms with van der Waals surface area (Å²) in [5.41, 5.74) is 9.48. The largest absolute Gasteiger partial charge is 0.368 e. The molecule has 0 aliphatic heterocycles.